The van der Waals surface area contributed by atoms with Gasteiger partial charge < -0.3 is 0 Å². The molecule has 0 unspecified atom stereocenters. The molecule has 1 rings (SSSR count). The Morgan fingerprint density at radius 3 is 2.57 bits per heavy atom. The van der Waals surface area contributed by atoms with Crippen LogP contribution >= 0.6 is 0 Å². The summed E-state index contributed by atoms with van der Waals surface area (Å²) >= 11 is 0. The van der Waals surface area contributed by atoms with Gasteiger partial charge in [-0.2, -0.15) is 0 Å². The van der Waals surface area contributed by atoms with Crippen molar-refractivity contribution < 1.29 is 0 Å². The molecule has 74 valence electrons. The molecule has 0 saturated carbocycles. The number of hydrogen-bond acceptors (Lipinski definition) is 2. The van der Waals surface area contributed by atoms with Crippen molar-refractivity contribution in [3.8, 4) is 0 Å². The lowest BCUT2D eigenvalue weighted by Gasteiger charge is -2.09. The van der Waals surface area contributed by atoms with Gasteiger partial charge in [-0.3, -0.25) is 0 Å². The molecule has 0 atom stereocenters. The first-order valence-corrected chi connectivity index (χ1v) is 4.80. The molecular weight excluding hydrogens is 172 g/mol. The van der Waals surface area contributed by atoms with E-state index in [0.29, 0.717) is 5.92 Å². The Bertz CT molecular complexity index is 351. The number of nitrogens with zero attached hydrogens (tertiary/aromatic N) is 2. The van der Waals surface area contributed by atoms with Crippen molar-refractivity contribution in [2.45, 2.75) is 26.7 Å². The standard InChI is InChI=1S/C12H16N2/c1-5-7-11-10(6-2)12(9(3)4)14-8-13-11/h5-9H,2H2,1,3-4H3/b7-5-. The van der Waals surface area contributed by atoms with Gasteiger partial charge in [0.2, 0.25) is 0 Å². The zero-order chi connectivity index (χ0) is 10.6. The summed E-state index contributed by atoms with van der Waals surface area (Å²) in [4.78, 5) is 8.49. The second-order valence-corrected chi connectivity index (χ2v) is 3.42. The van der Waals surface area contributed by atoms with Crippen molar-refractivity contribution in [2.75, 3.05) is 0 Å². The Labute approximate surface area is 85.4 Å². The normalized spacial score (nSPS) is 11.1. The Balaban J connectivity index is 3.31. The molecule has 0 fully saturated rings. The molecule has 1 aromatic rings. The monoisotopic (exact) mass is 188 g/mol. The fourth-order valence-electron chi connectivity index (χ4n) is 1.38. The first-order valence-electron chi connectivity index (χ1n) is 4.80. The Kier molecular flexibility index (Phi) is 3.57. The van der Waals surface area contributed by atoms with E-state index in [2.05, 4.69) is 30.4 Å². The largest absolute Gasteiger partial charge is 0.240 e. The predicted molar refractivity (Wildman–Crippen MR) is 60.9 cm³/mol. The second-order valence-electron chi connectivity index (χ2n) is 3.42. The van der Waals surface area contributed by atoms with Gasteiger partial charge in [-0.15, -0.1) is 0 Å². The lowest BCUT2D eigenvalue weighted by atomic mass is 10.0. The molecule has 0 bridgehead atoms. The fourth-order valence-corrected chi connectivity index (χ4v) is 1.38. The maximum absolute atomic E-state index is 4.28. The third kappa shape index (κ3) is 2.08. The first-order chi connectivity index (χ1) is 6.70. The van der Waals surface area contributed by atoms with Gasteiger partial charge in [0.25, 0.3) is 0 Å². The van der Waals surface area contributed by atoms with Crippen molar-refractivity contribution in [2.24, 2.45) is 0 Å². The van der Waals surface area contributed by atoms with Gasteiger partial charge in [-0.1, -0.05) is 32.6 Å². The van der Waals surface area contributed by atoms with E-state index in [1.54, 1.807) is 6.33 Å². The van der Waals surface area contributed by atoms with Crippen molar-refractivity contribution in [3.63, 3.8) is 0 Å². The van der Waals surface area contributed by atoms with Gasteiger partial charge in [-0.25, -0.2) is 9.97 Å². The first kappa shape index (κ1) is 10.6. The van der Waals surface area contributed by atoms with E-state index in [4.69, 9.17) is 0 Å². The molecule has 1 heterocycles. The molecule has 0 aliphatic carbocycles. The van der Waals surface area contributed by atoms with Gasteiger partial charge >= 0.3 is 0 Å². The van der Waals surface area contributed by atoms with Gasteiger partial charge in [-0.05, 0) is 18.9 Å². The Hall–Kier alpha value is -1.44. The molecule has 0 spiro atoms. The lowest BCUT2D eigenvalue weighted by molar-refractivity contribution is 0.809. The molecule has 2 nitrogen and oxygen atoms in total. The van der Waals surface area contributed by atoms with Crippen LogP contribution in [0.15, 0.2) is 19.0 Å². The minimum Gasteiger partial charge on any atom is -0.240 e. The highest BCUT2D eigenvalue weighted by Crippen LogP contribution is 2.20. The van der Waals surface area contributed by atoms with E-state index in [1.807, 2.05) is 25.2 Å². The Morgan fingerprint density at radius 1 is 1.36 bits per heavy atom. The van der Waals surface area contributed by atoms with Crippen LogP contribution < -0.4 is 0 Å². The van der Waals surface area contributed by atoms with Crippen LogP contribution in [0.1, 0.15) is 43.6 Å². The average molecular weight is 188 g/mol. The quantitative estimate of drug-likeness (QED) is 0.727. The average Bonchev–Trinajstić information content (AvgIpc) is 2.18. The fraction of sp³-hybridized carbons (Fsp3) is 0.333. The summed E-state index contributed by atoms with van der Waals surface area (Å²) in [5, 5.41) is 0. The van der Waals surface area contributed by atoms with Crippen molar-refractivity contribution in [1.29, 1.82) is 0 Å². The van der Waals surface area contributed by atoms with E-state index in [-0.39, 0.29) is 0 Å². The minimum absolute atomic E-state index is 0.398. The zero-order valence-electron chi connectivity index (χ0n) is 8.99. The molecule has 0 aliphatic heterocycles. The molecule has 0 N–H and O–H groups in total. The van der Waals surface area contributed by atoms with Crippen LogP contribution in [-0.4, -0.2) is 9.97 Å². The topological polar surface area (TPSA) is 25.8 Å². The molecule has 0 radical (unpaired) electrons. The number of aromatic nitrogens is 2. The van der Waals surface area contributed by atoms with E-state index >= 15 is 0 Å². The summed E-state index contributed by atoms with van der Waals surface area (Å²) in [5.41, 5.74) is 3.05. The van der Waals surface area contributed by atoms with Crippen molar-refractivity contribution in [1.82, 2.24) is 9.97 Å². The van der Waals surface area contributed by atoms with Gasteiger partial charge in [0, 0.05) is 5.56 Å². The summed E-state index contributed by atoms with van der Waals surface area (Å²) in [6.45, 7) is 10.0. The van der Waals surface area contributed by atoms with Gasteiger partial charge in [0.15, 0.2) is 0 Å². The van der Waals surface area contributed by atoms with Gasteiger partial charge in [0.05, 0.1) is 11.4 Å². The highest BCUT2D eigenvalue weighted by atomic mass is 14.8. The zero-order valence-corrected chi connectivity index (χ0v) is 8.99. The summed E-state index contributed by atoms with van der Waals surface area (Å²) in [5.74, 6) is 0.398. The predicted octanol–water partition coefficient (Wildman–Crippen LogP) is 3.28. The van der Waals surface area contributed by atoms with E-state index < -0.39 is 0 Å². The van der Waals surface area contributed by atoms with Crippen molar-refractivity contribution in [3.05, 3.63) is 35.9 Å². The van der Waals surface area contributed by atoms with Crippen molar-refractivity contribution >= 4 is 12.2 Å². The third-order valence-corrected chi connectivity index (χ3v) is 2.02. The minimum atomic E-state index is 0.398. The van der Waals surface area contributed by atoms with E-state index in [9.17, 15) is 0 Å². The summed E-state index contributed by atoms with van der Waals surface area (Å²) in [7, 11) is 0. The smallest absolute Gasteiger partial charge is 0.116 e. The third-order valence-electron chi connectivity index (χ3n) is 2.02. The number of allylic oxidation sites excluding steroid dienone is 1. The van der Waals surface area contributed by atoms with Crippen LogP contribution in [0, 0.1) is 0 Å². The van der Waals surface area contributed by atoms with Crippen LogP contribution in [0.2, 0.25) is 0 Å². The molecule has 0 aliphatic rings. The molecule has 14 heavy (non-hydrogen) atoms. The second kappa shape index (κ2) is 4.70. The Morgan fingerprint density at radius 2 is 2.07 bits per heavy atom. The number of rotatable bonds is 3. The van der Waals surface area contributed by atoms with Crippen LogP contribution in [0.4, 0.5) is 0 Å². The highest BCUT2D eigenvalue weighted by Gasteiger charge is 2.08. The maximum Gasteiger partial charge on any atom is 0.116 e. The number of hydrogen-bond donors (Lipinski definition) is 0. The maximum atomic E-state index is 4.28. The molecule has 0 amide bonds. The SMILES string of the molecule is C=Cc1c(/C=C\C)ncnc1C(C)C. The summed E-state index contributed by atoms with van der Waals surface area (Å²) in [6.07, 6.45) is 7.38. The van der Waals surface area contributed by atoms with Gasteiger partial charge in [0.1, 0.15) is 6.33 Å². The summed E-state index contributed by atoms with van der Waals surface area (Å²) in [6, 6.07) is 0. The van der Waals surface area contributed by atoms with Crippen LogP contribution in [0.3, 0.4) is 0 Å². The van der Waals surface area contributed by atoms with E-state index in [1.165, 1.54) is 0 Å². The molecule has 1 aromatic heterocycles. The van der Waals surface area contributed by atoms with E-state index in [0.717, 1.165) is 17.0 Å². The van der Waals surface area contributed by atoms with Crippen LogP contribution in [0.25, 0.3) is 12.2 Å². The lowest BCUT2D eigenvalue weighted by Crippen LogP contribution is -2.00. The molecule has 0 aromatic carbocycles. The molecule has 2 heteroatoms. The summed E-state index contributed by atoms with van der Waals surface area (Å²) < 4.78 is 0. The highest BCUT2D eigenvalue weighted by molar-refractivity contribution is 5.63. The van der Waals surface area contributed by atoms with Crippen LogP contribution in [-0.2, 0) is 0 Å². The van der Waals surface area contributed by atoms with Crippen LogP contribution in [0.5, 0.6) is 0 Å². The molecular formula is C12H16N2. The molecule has 0 saturated heterocycles.